The number of carbonyl (C=O) groups excluding carboxylic acids is 1. The SMILES string of the molecule is Cn1c(=O)n(CCC(=O)N2CCCC2)c(=O)c2cc(S(=O)(=O)NC3CCCCC3)ccc21. The van der Waals surface area contributed by atoms with Crippen LogP contribution in [0.15, 0.2) is 32.7 Å². The van der Waals surface area contributed by atoms with Crippen LogP contribution in [0.2, 0.25) is 0 Å². The first-order valence-corrected chi connectivity index (χ1v) is 12.8. The molecule has 0 bridgehead atoms. The van der Waals surface area contributed by atoms with Crippen LogP contribution < -0.4 is 16.0 Å². The van der Waals surface area contributed by atoms with E-state index in [0.29, 0.717) is 18.6 Å². The molecule has 1 aliphatic heterocycles. The second-order valence-corrected chi connectivity index (χ2v) is 10.5. The van der Waals surface area contributed by atoms with Gasteiger partial charge in [-0.3, -0.25) is 18.7 Å². The molecule has 0 radical (unpaired) electrons. The summed E-state index contributed by atoms with van der Waals surface area (Å²) in [4.78, 5) is 40.0. The van der Waals surface area contributed by atoms with Crippen LogP contribution in [-0.2, 0) is 28.4 Å². The zero-order valence-corrected chi connectivity index (χ0v) is 19.2. The molecule has 2 fully saturated rings. The van der Waals surface area contributed by atoms with Crippen molar-refractivity contribution in [2.45, 2.75) is 68.8 Å². The van der Waals surface area contributed by atoms with Crippen molar-refractivity contribution >= 4 is 26.8 Å². The number of aryl methyl sites for hydroxylation is 1. The van der Waals surface area contributed by atoms with Crippen molar-refractivity contribution in [1.29, 1.82) is 0 Å². The zero-order valence-electron chi connectivity index (χ0n) is 18.4. The molecule has 9 nitrogen and oxygen atoms in total. The molecule has 0 spiro atoms. The summed E-state index contributed by atoms with van der Waals surface area (Å²) in [7, 11) is -2.25. The van der Waals surface area contributed by atoms with E-state index in [1.54, 1.807) is 4.90 Å². The number of hydrogen-bond donors (Lipinski definition) is 1. The van der Waals surface area contributed by atoms with Gasteiger partial charge in [0.2, 0.25) is 15.9 Å². The number of amides is 1. The fraction of sp³-hybridized carbons (Fsp3) is 0.591. The highest BCUT2D eigenvalue weighted by atomic mass is 32.2. The molecule has 1 aliphatic carbocycles. The van der Waals surface area contributed by atoms with E-state index in [2.05, 4.69) is 4.72 Å². The molecular weight excluding hydrogens is 432 g/mol. The third-order valence-corrected chi connectivity index (χ3v) is 8.09. The molecular formula is C22H30N4O5S. The van der Waals surface area contributed by atoms with Crippen LogP contribution >= 0.6 is 0 Å². The van der Waals surface area contributed by atoms with Crippen molar-refractivity contribution < 1.29 is 13.2 Å². The lowest BCUT2D eigenvalue weighted by molar-refractivity contribution is -0.130. The minimum atomic E-state index is -3.79. The predicted octanol–water partition coefficient (Wildman–Crippen LogP) is 1.32. The van der Waals surface area contributed by atoms with E-state index < -0.39 is 21.3 Å². The van der Waals surface area contributed by atoms with Crippen LogP contribution in [0.1, 0.15) is 51.4 Å². The average molecular weight is 463 g/mol. The lowest BCUT2D eigenvalue weighted by Gasteiger charge is -2.22. The Balaban J connectivity index is 1.65. The van der Waals surface area contributed by atoms with Crippen molar-refractivity contribution in [3.63, 3.8) is 0 Å². The first-order valence-electron chi connectivity index (χ1n) is 11.3. The van der Waals surface area contributed by atoms with E-state index in [9.17, 15) is 22.8 Å². The van der Waals surface area contributed by atoms with Gasteiger partial charge in [0, 0.05) is 39.1 Å². The van der Waals surface area contributed by atoms with Gasteiger partial charge in [-0.25, -0.2) is 17.9 Å². The number of benzene rings is 1. The van der Waals surface area contributed by atoms with Crippen molar-refractivity contribution in [2.24, 2.45) is 7.05 Å². The summed E-state index contributed by atoms with van der Waals surface area (Å²) in [6.45, 7) is 1.38. The highest BCUT2D eigenvalue weighted by Gasteiger charge is 2.24. The Bertz CT molecular complexity index is 1240. The monoisotopic (exact) mass is 462 g/mol. The Morgan fingerprint density at radius 3 is 2.44 bits per heavy atom. The van der Waals surface area contributed by atoms with Gasteiger partial charge in [-0.05, 0) is 43.9 Å². The van der Waals surface area contributed by atoms with Crippen molar-refractivity contribution in [1.82, 2.24) is 18.8 Å². The topological polar surface area (TPSA) is 110 Å². The molecule has 2 aromatic rings. The smallest absolute Gasteiger partial charge is 0.331 e. The number of aromatic nitrogens is 2. The number of sulfonamides is 1. The highest BCUT2D eigenvalue weighted by molar-refractivity contribution is 7.89. The van der Waals surface area contributed by atoms with Crippen LogP contribution in [0, 0.1) is 0 Å². The Hall–Kier alpha value is -2.46. The first kappa shape index (κ1) is 22.7. The van der Waals surface area contributed by atoms with Crippen LogP contribution in [0.5, 0.6) is 0 Å². The summed E-state index contributed by atoms with van der Waals surface area (Å²) < 4.78 is 30.9. The quantitative estimate of drug-likeness (QED) is 0.696. The number of fused-ring (bicyclic) bond motifs is 1. The number of hydrogen-bond acceptors (Lipinski definition) is 5. The summed E-state index contributed by atoms with van der Waals surface area (Å²) in [6.07, 6.45) is 6.70. The molecule has 1 amide bonds. The highest BCUT2D eigenvalue weighted by Crippen LogP contribution is 2.21. The molecule has 1 saturated heterocycles. The number of rotatable bonds is 6. The molecule has 1 N–H and O–H groups in total. The Kier molecular flexibility index (Phi) is 6.52. The maximum atomic E-state index is 13.1. The minimum absolute atomic E-state index is 0.00557. The van der Waals surface area contributed by atoms with Gasteiger partial charge >= 0.3 is 5.69 Å². The normalized spacial score (nSPS) is 17.8. The standard InChI is InChI=1S/C22H30N4O5S/c1-24-19-10-9-17(32(30,31)23-16-7-3-2-4-8-16)15-18(19)21(28)26(22(24)29)14-11-20(27)25-12-5-6-13-25/h9-10,15-16,23H,2-8,11-14H2,1H3. The van der Waals surface area contributed by atoms with Gasteiger partial charge in [0.25, 0.3) is 5.56 Å². The molecule has 0 atom stereocenters. The van der Waals surface area contributed by atoms with Gasteiger partial charge in [0.15, 0.2) is 0 Å². The van der Waals surface area contributed by atoms with Gasteiger partial charge in [-0.2, -0.15) is 0 Å². The molecule has 1 aromatic carbocycles. The summed E-state index contributed by atoms with van der Waals surface area (Å²) in [5.41, 5.74) is -0.738. The predicted molar refractivity (Wildman–Crippen MR) is 121 cm³/mol. The van der Waals surface area contributed by atoms with E-state index >= 15 is 0 Å². The molecule has 4 rings (SSSR count). The van der Waals surface area contributed by atoms with Crippen LogP contribution in [0.4, 0.5) is 0 Å². The molecule has 0 unspecified atom stereocenters. The number of carbonyl (C=O) groups is 1. The molecule has 174 valence electrons. The molecule has 1 aromatic heterocycles. The summed E-state index contributed by atoms with van der Waals surface area (Å²) in [5.74, 6) is -0.0791. The maximum absolute atomic E-state index is 13.1. The van der Waals surface area contributed by atoms with Crippen LogP contribution in [-0.4, -0.2) is 47.5 Å². The van der Waals surface area contributed by atoms with E-state index in [4.69, 9.17) is 0 Å². The summed E-state index contributed by atoms with van der Waals surface area (Å²) in [5, 5.41) is 0.146. The number of nitrogens with zero attached hydrogens (tertiary/aromatic N) is 3. The molecule has 10 heteroatoms. The summed E-state index contributed by atoms with van der Waals surface area (Å²) >= 11 is 0. The molecule has 2 heterocycles. The van der Waals surface area contributed by atoms with Gasteiger partial charge in [0.05, 0.1) is 15.8 Å². The maximum Gasteiger partial charge on any atom is 0.331 e. The minimum Gasteiger partial charge on any atom is -0.343 e. The van der Waals surface area contributed by atoms with E-state index in [0.717, 1.165) is 49.5 Å². The second-order valence-electron chi connectivity index (χ2n) is 8.77. The number of likely N-dealkylation sites (tertiary alicyclic amines) is 1. The third-order valence-electron chi connectivity index (χ3n) is 6.57. The lowest BCUT2D eigenvalue weighted by Crippen LogP contribution is -2.40. The van der Waals surface area contributed by atoms with Crippen molar-refractivity contribution in [3.05, 3.63) is 39.0 Å². The average Bonchev–Trinajstić information content (AvgIpc) is 3.32. The van der Waals surface area contributed by atoms with Gasteiger partial charge in [-0.15, -0.1) is 0 Å². The molecule has 2 aliphatic rings. The first-order chi connectivity index (χ1) is 15.3. The van der Waals surface area contributed by atoms with Crippen LogP contribution in [0.3, 0.4) is 0 Å². The Morgan fingerprint density at radius 2 is 1.75 bits per heavy atom. The molecule has 32 heavy (non-hydrogen) atoms. The lowest BCUT2D eigenvalue weighted by atomic mass is 9.96. The van der Waals surface area contributed by atoms with Gasteiger partial charge < -0.3 is 4.90 Å². The van der Waals surface area contributed by atoms with Gasteiger partial charge in [0.1, 0.15) is 0 Å². The second kappa shape index (κ2) is 9.19. The third kappa shape index (κ3) is 4.52. The Labute approximate surface area is 187 Å². The number of nitrogens with one attached hydrogen (secondary N) is 1. The van der Waals surface area contributed by atoms with E-state index in [-0.39, 0.29) is 35.2 Å². The van der Waals surface area contributed by atoms with Gasteiger partial charge in [-0.1, -0.05) is 19.3 Å². The van der Waals surface area contributed by atoms with Crippen molar-refractivity contribution in [2.75, 3.05) is 13.1 Å². The fourth-order valence-corrected chi connectivity index (χ4v) is 6.03. The zero-order chi connectivity index (χ0) is 22.9. The largest absolute Gasteiger partial charge is 0.343 e. The Morgan fingerprint density at radius 1 is 1.06 bits per heavy atom. The van der Waals surface area contributed by atoms with Crippen molar-refractivity contribution in [3.8, 4) is 0 Å². The van der Waals surface area contributed by atoms with E-state index in [1.165, 1.54) is 29.8 Å². The van der Waals surface area contributed by atoms with E-state index in [1.807, 2.05) is 0 Å². The van der Waals surface area contributed by atoms with Crippen LogP contribution in [0.25, 0.3) is 10.9 Å². The summed E-state index contributed by atoms with van der Waals surface area (Å²) in [6, 6.07) is 4.15. The molecule has 1 saturated carbocycles. The fourth-order valence-electron chi connectivity index (χ4n) is 4.70.